The molecule has 2 heteroatoms. The Labute approximate surface area is 147 Å². The molecule has 134 valence electrons. The summed E-state index contributed by atoms with van der Waals surface area (Å²) in [5, 5.41) is 0. The number of hydrogen-bond donors (Lipinski definition) is 0. The van der Waals surface area contributed by atoms with Crippen molar-refractivity contribution in [3.8, 4) is 0 Å². The van der Waals surface area contributed by atoms with Crippen molar-refractivity contribution in [2.24, 2.45) is 39.9 Å². The summed E-state index contributed by atoms with van der Waals surface area (Å²) in [6.07, 6.45) is 11.1. The van der Waals surface area contributed by atoms with Crippen molar-refractivity contribution in [1.82, 2.24) is 0 Å². The van der Waals surface area contributed by atoms with Crippen molar-refractivity contribution in [2.45, 2.75) is 91.1 Å². The molecule has 2 nitrogen and oxygen atoms in total. The highest BCUT2D eigenvalue weighted by Gasteiger charge is 2.69. The van der Waals surface area contributed by atoms with E-state index in [0.717, 1.165) is 49.4 Å². The van der Waals surface area contributed by atoms with Crippen LogP contribution in [0.5, 0.6) is 0 Å². The van der Waals surface area contributed by atoms with Crippen molar-refractivity contribution in [2.75, 3.05) is 0 Å². The van der Waals surface area contributed by atoms with Crippen LogP contribution in [0.3, 0.4) is 0 Å². The number of fused-ring (bicyclic) bond motifs is 2. The highest BCUT2D eigenvalue weighted by molar-refractivity contribution is 5.78. The van der Waals surface area contributed by atoms with Gasteiger partial charge in [0.15, 0.2) is 0 Å². The van der Waals surface area contributed by atoms with Gasteiger partial charge in [0.25, 0.3) is 0 Å². The van der Waals surface area contributed by atoms with Gasteiger partial charge in [0.1, 0.15) is 5.60 Å². The molecule has 6 rings (SSSR count). The highest BCUT2D eigenvalue weighted by Crippen LogP contribution is 2.71. The maximum atomic E-state index is 13.5. The molecule has 0 spiro atoms. The Morgan fingerprint density at radius 1 is 0.875 bits per heavy atom. The second-order valence-electron chi connectivity index (χ2n) is 11.3. The van der Waals surface area contributed by atoms with Crippen LogP contribution in [-0.4, -0.2) is 11.6 Å². The first-order valence-electron chi connectivity index (χ1n) is 10.4. The number of hydrogen-bond acceptors (Lipinski definition) is 2. The van der Waals surface area contributed by atoms with E-state index in [0.29, 0.717) is 5.41 Å². The van der Waals surface area contributed by atoms with Crippen LogP contribution in [0.1, 0.15) is 85.5 Å². The largest absolute Gasteiger partial charge is 0.458 e. The third-order valence-corrected chi connectivity index (χ3v) is 10.0. The summed E-state index contributed by atoms with van der Waals surface area (Å²) >= 11 is 0. The molecule has 6 aliphatic carbocycles. The summed E-state index contributed by atoms with van der Waals surface area (Å²) in [5.74, 6) is 3.33. The molecule has 6 aliphatic rings. The molecule has 0 aromatic heterocycles. The third kappa shape index (κ3) is 1.71. The summed E-state index contributed by atoms with van der Waals surface area (Å²) in [7, 11) is 0. The van der Waals surface area contributed by atoms with E-state index in [2.05, 4.69) is 27.7 Å². The molecule has 24 heavy (non-hydrogen) atoms. The molecule has 0 N–H and O–H groups in total. The lowest BCUT2D eigenvalue weighted by atomic mass is 9.49. The lowest BCUT2D eigenvalue weighted by Crippen LogP contribution is -2.55. The maximum Gasteiger partial charge on any atom is 0.312 e. The predicted octanol–water partition coefficient (Wildman–Crippen LogP) is 5.35. The second kappa shape index (κ2) is 4.41. The fourth-order valence-electron chi connectivity index (χ4n) is 8.42. The zero-order chi connectivity index (χ0) is 17.0. The van der Waals surface area contributed by atoms with E-state index in [1.165, 1.54) is 32.1 Å². The average Bonchev–Trinajstić information content (AvgIpc) is 2.77. The molecule has 6 fully saturated rings. The van der Waals surface area contributed by atoms with E-state index < -0.39 is 0 Å². The molecule has 6 saturated carbocycles. The third-order valence-electron chi connectivity index (χ3n) is 10.0. The molecule has 0 saturated heterocycles. The Hall–Kier alpha value is -0.530. The molecule has 0 amide bonds. The van der Waals surface area contributed by atoms with Gasteiger partial charge in [-0.1, -0.05) is 20.8 Å². The van der Waals surface area contributed by atoms with E-state index in [1.807, 2.05) is 0 Å². The first kappa shape index (κ1) is 15.7. The zero-order valence-electron chi connectivity index (χ0n) is 16.0. The predicted molar refractivity (Wildman–Crippen MR) is 94.3 cm³/mol. The number of carbonyl (C=O) groups is 1. The van der Waals surface area contributed by atoms with Crippen LogP contribution in [0, 0.1) is 39.9 Å². The SMILES string of the molecule is CC1(C)[C@@H]2CCC1(C)[C@](C)(OC(=O)C13CC4CC(CC(C4)C1)C3)C2. The zero-order valence-corrected chi connectivity index (χ0v) is 16.0. The van der Waals surface area contributed by atoms with Gasteiger partial charge in [-0.2, -0.15) is 0 Å². The van der Waals surface area contributed by atoms with E-state index in [1.54, 1.807) is 0 Å². The van der Waals surface area contributed by atoms with Gasteiger partial charge in [-0.05, 0) is 93.8 Å². The summed E-state index contributed by atoms with van der Waals surface area (Å²) in [6, 6.07) is 0. The molecule has 1 unspecified atom stereocenters. The standard InChI is InChI=1S/C22H34O2/c1-19(2)17-5-6-20(19,3)21(4,13-17)24-18(23)22-10-14-7-15(11-22)9-16(8-14)12-22/h14-17H,5-13H2,1-4H3/t14?,15?,16?,17-,20?,21-,22?/m1/s1. The summed E-state index contributed by atoms with van der Waals surface area (Å²) in [4.78, 5) is 13.5. The van der Waals surface area contributed by atoms with Gasteiger partial charge in [0, 0.05) is 5.41 Å². The van der Waals surface area contributed by atoms with Crippen molar-refractivity contribution in [3.63, 3.8) is 0 Å². The van der Waals surface area contributed by atoms with Crippen LogP contribution < -0.4 is 0 Å². The van der Waals surface area contributed by atoms with E-state index in [9.17, 15) is 4.79 Å². The van der Waals surface area contributed by atoms with Crippen LogP contribution in [-0.2, 0) is 9.53 Å². The second-order valence-corrected chi connectivity index (χ2v) is 11.3. The van der Waals surface area contributed by atoms with Crippen LogP contribution >= 0.6 is 0 Å². The van der Waals surface area contributed by atoms with Gasteiger partial charge in [-0.3, -0.25) is 4.79 Å². The maximum absolute atomic E-state index is 13.5. The van der Waals surface area contributed by atoms with Gasteiger partial charge >= 0.3 is 5.97 Å². The van der Waals surface area contributed by atoms with Crippen LogP contribution in [0.15, 0.2) is 0 Å². The van der Waals surface area contributed by atoms with Crippen molar-refractivity contribution >= 4 is 5.97 Å². The Balaban J connectivity index is 1.42. The smallest absolute Gasteiger partial charge is 0.312 e. The lowest BCUT2D eigenvalue weighted by Gasteiger charge is -2.56. The monoisotopic (exact) mass is 330 g/mol. The van der Waals surface area contributed by atoms with Crippen molar-refractivity contribution < 1.29 is 9.53 Å². The molecular formula is C22H34O2. The lowest BCUT2D eigenvalue weighted by molar-refractivity contribution is -0.200. The van der Waals surface area contributed by atoms with Crippen molar-refractivity contribution in [3.05, 3.63) is 0 Å². The van der Waals surface area contributed by atoms with Crippen LogP contribution in [0.2, 0.25) is 0 Å². The van der Waals surface area contributed by atoms with Crippen LogP contribution in [0.25, 0.3) is 0 Å². The summed E-state index contributed by atoms with van der Waals surface area (Å²) < 4.78 is 6.52. The summed E-state index contributed by atoms with van der Waals surface area (Å²) in [5.41, 5.74) is 0.0754. The van der Waals surface area contributed by atoms with Gasteiger partial charge in [0.2, 0.25) is 0 Å². The van der Waals surface area contributed by atoms with E-state index in [-0.39, 0.29) is 22.4 Å². The first-order chi connectivity index (χ1) is 11.2. The number of ether oxygens (including phenoxy) is 1. The minimum Gasteiger partial charge on any atom is -0.458 e. The fourth-order valence-corrected chi connectivity index (χ4v) is 8.42. The molecule has 0 heterocycles. The average molecular weight is 331 g/mol. The minimum atomic E-state index is -0.250. The topological polar surface area (TPSA) is 26.3 Å². The quantitative estimate of drug-likeness (QED) is 0.638. The van der Waals surface area contributed by atoms with E-state index >= 15 is 0 Å². The molecule has 0 radical (unpaired) electrons. The summed E-state index contributed by atoms with van der Waals surface area (Å²) in [6.45, 7) is 9.47. The Morgan fingerprint density at radius 3 is 1.83 bits per heavy atom. The minimum absolute atomic E-state index is 0.111. The fraction of sp³-hybridized carbons (Fsp3) is 0.955. The van der Waals surface area contributed by atoms with Gasteiger partial charge in [-0.25, -0.2) is 0 Å². The normalized spacial score (nSPS) is 56.7. The highest BCUT2D eigenvalue weighted by atomic mass is 16.6. The Morgan fingerprint density at radius 2 is 1.42 bits per heavy atom. The Kier molecular flexibility index (Phi) is 2.88. The van der Waals surface area contributed by atoms with Gasteiger partial charge in [0.05, 0.1) is 5.41 Å². The molecule has 6 bridgehead atoms. The molecule has 0 aromatic carbocycles. The number of esters is 1. The van der Waals surface area contributed by atoms with Gasteiger partial charge in [-0.15, -0.1) is 0 Å². The van der Waals surface area contributed by atoms with E-state index in [4.69, 9.17) is 4.74 Å². The van der Waals surface area contributed by atoms with Crippen molar-refractivity contribution in [1.29, 1.82) is 0 Å². The first-order valence-corrected chi connectivity index (χ1v) is 10.4. The Bertz CT molecular complexity index is 555. The number of rotatable bonds is 2. The number of carbonyl (C=O) groups excluding carboxylic acids is 1. The molecule has 3 atom stereocenters. The van der Waals surface area contributed by atoms with Gasteiger partial charge < -0.3 is 4.74 Å². The molecular weight excluding hydrogens is 296 g/mol. The van der Waals surface area contributed by atoms with Crippen LogP contribution in [0.4, 0.5) is 0 Å². The molecule has 0 aliphatic heterocycles. The molecule has 0 aromatic rings.